The Morgan fingerprint density at radius 2 is 1.76 bits per heavy atom. The Hall–Kier alpha value is -3.56. The van der Waals surface area contributed by atoms with Crippen molar-refractivity contribution in [2.45, 2.75) is 30.5 Å². The molecule has 3 atom stereocenters. The normalized spacial score (nSPS) is 23.2. The fourth-order valence-electron chi connectivity index (χ4n) is 5.63. The molecule has 3 aromatic carbocycles. The number of rotatable bonds is 4. The second-order valence-electron chi connectivity index (χ2n) is 9.86. The van der Waals surface area contributed by atoms with E-state index in [0.29, 0.717) is 27.3 Å². The van der Waals surface area contributed by atoms with E-state index < -0.39 is 11.6 Å². The topological polar surface area (TPSA) is 136 Å². The van der Waals surface area contributed by atoms with E-state index >= 15 is 0 Å². The van der Waals surface area contributed by atoms with Crippen molar-refractivity contribution in [3.63, 3.8) is 0 Å². The first-order chi connectivity index (χ1) is 17.9. The van der Waals surface area contributed by atoms with Crippen LogP contribution in [0.25, 0.3) is 21.2 Å². The van der Waals surface area contributed by atoms with Crippen LogP contribution in [0.15, 0.2) is 66.7 Å². The highest BCUT2D eigenvalue weighted by Gasteiger charge is 2.48. The average molecular weight is 512 g/mol. The lowest BCUT2D eigenvalue weighted by atomic mass is 9.70. The standard InChI is InChI=1S/C29H29N5O2S/c30-21-13-12-20-22-23(26(37-25(21)22)28(36)34-19-7-4-14-33-15-19)24(31)27(35)29(20,32)18-10-8-17(9-11-18)16-5-2-1-3-6-16/h1-3,5-6,8-13,19,24,33H,4,7,14-15,30-32H2,(H,34,36). The van der Waals surface area contributed by atoms with Gasteiger partial charge in [-0.1, -0.05) is 60.7 Å². The summed E-state index contributed by atoms with van der Waals surface area (Å²) in [7, 11) is 0. The highest BCUT2D eigenvalue weighted by atomic mass is 32.1. The number of hydrogen-bond donors (Lipinski definition) is 5. The van der Waals surface area contributed by atoms with Gasteiger partial charge in [-0.25, -0.2) is 0 Å². The molecule has 0 radical (unpaired) electrons. The van der Waals surface area contributed by atoms with E-state index in [-0.39, 0.29) is 17.7 Å². The number of nitrogens with two attached hydrogens (primary N) is 3. The summed E-state index contributed by atoms with van der Waals surface area (Å²) >= 11 is 1.28. The Kier molecular flexibility index (Phi) is 5.84. The molecule has 2 heterocycles. The zero-order valence-electron chi connectivity index (χ0n) is 20.3. The first-order valence-corrected chi connectivity index (χ1v) is 13.3. The van der Waals surface area contributed by atoms with Crippen LogP contribution in [0.1, 0.15) is 45.2 Å². The molecule has 0 bridgehead atoms. The number of carbonyl (C=O) groups excluding carboxylic acids is 2. The minimum absolute atomic E-state index is 0.0303. The van der Waals surface area contributed by atoms with Gasteiger partial charge < -0.3 is 27.8 Å². The Labute approximate surface area is 219 Å². The molecule has 7 nitrogen and oxygen atoms in total. The third-order valence-electron chi connectivity index (χ3n) is 7.60. The lowest BCUT2D eigenvalue weighted by Gasteiger charge is -2.36. The van der Waals surface area contributed by atoms with Crippen molar-refractivity contribution in [1.82, 2.24) is 10.6 Å². The van der Waals surface area contributed by atoms with Gasteiger partial charge in [-0.2, -0.15) is 0 Å². The largest absolute Gasteiger partial charge is 0.398 e. The lowest BCUT2D eigenvalue weighted by molar-refractivity contribution is -0.124. The molecule has 37 heavy (non-hydrogen) atoms. The zero-order valence-corrected chi connectivity index (χ0v) is 21.1. The summed E-state index contributed by atoms with van der Waals surface area (Å²) in [5.74, 6) is -0.569. The van der Waals surface area contributed by atoms with Gasteiger partial charge in [0.25, 0.3) is 5.91 Å². The molecule has 1 aliphatic carbocycles. The van der Waals surface area contributed by atoms with E-state index in [2.05, 4.69) is 10.6 Å². The third-order valence-corrected chi connectivity index (χ3v) is 8.85. The van der Waals surface area contributed by atoms with Crippen LogP contribution in [0.3, 0.4) is 0 Å². The van der Waals surface area contributed by atoms with Crippen LogP contribution in [-0.2, 0) is 10.3 Å². The molecular weight excluding hydrogens is 482 g/mol. The Morgan fingerprint density at radius 3 is 2.46 bits per heavy atom. The van der Waals surface area contributed by atoms with Gasteiger partial charge in [0, 0.05) is 29.2 Å². The van der Waals surface area contributed by atoms with E-state index in [0.717, 1.165) is 47.1 Å². The number of benzene rings is 3. The van der Waals surface area contributed by atoms with Crippen molar-refractivity contribution < 1.29 is 9.59 Å². The first kappa shape index (κ1) is 23.8. The predicted molar refractivity (Wildman–Crippen MR) is 148 cm³/mol. The molecule has 3 unspecified atom stereocenters. The highest BCUT2D eigenvalue weighted by molar-refractivity contribution is 7.21. The van der Waals surface area contributed by atoms with Crippen LogP contribution in [0.4, 0.5) is 5.69 Å². The minimum atomic E-state index is -1.46. The van der Waals surface area contributed by atoms with E-state index in [1.54, 1.807) is 12.1 Å². The maximum absolute atomic E-state index is 13.9. The predicted octanol–water partition coefficient (Wildman–Crippen LogP) is 3.42. The van der Waals surface area contributed by atoms with Crippen molar-refractivity contribution in [2.75, 3.05) is 18.8 Å². The second-order valence-corrected chi connectivity index (χ2v) is 10.9. The summed E-state index contributed by atoms with van der Waals surface area (Å²) in [5, 5.41) is 7.14. The van der Waals surface area contributed by atoms with Gasteiger partial charge in [-0.05, 0) is 47.7 Å². The number of ketones is 1. The number of hydrogen-bond acceptors (Lipinski definition) is 7. The number of Topliss-reactive ketones (excluding diaryl/α,β-unsaturated/α-hetero) is 1. The smallest absolute Gasteiger partial charge is 0.262 e. The number of nitrogens with one attached hydrogen (secondary N) is 2. The Morgan fingerprint density at radius 1 is 1.03 bits per heavy atom. The second kappa shape index (κ2) is 9.08. The minimum Gasteiger partial charge on any atom is -0.398 e. The number of nitrogen functional groups attached to an aromatic ring is 1. The number of thiophene rings is 1. The molecule has 1 amide bonds. The zero-order chi connectivity index (χ0) is 25.7. The average Bonchev–Trinajstić information content (AvgIpc) is 3.34. The maximum atomic E-state index is 13.9. The quantitative estimate of drug-likeness (QED) is 0.266. The first-order valence-electron chi connectivity index (χ1n) is 12.5. The highest BCUT2D eigenvalue weighted by Crippen LogP contribution is 2.49. The van der Waals surface area contributed by atoms with Gasteiger partial charge in [-0.15, -0.1) is 11.3 Å². The van der Waals surface area contributed by atoms with Gasteiger partial charge in [0.05, 0.1) is 15.6 Å². The molecular formula is C29H29N5O2S. The van der Waals surface area contributed by atoms with Crippen LogP contribution in [0.5, 0.6) is 0 Å². The molecule has 8 N–H and O–H groups in total. The van der Waals surface area contributed by atoms with Crippen LogP contribution in [0.2, 0.25) is 0 Å². The summed E-state index contributed by atoms with van der Waals surface area (Å²) in [4.78, 5) is 27.8. The van der Waals surface area contributed by atoms with Gasteiger partial charge in [0.2, 0.25) is 0 Å². The number of piperidine rings is 1. The van der Waals surface area contributed by atoms with Crippen molar-refractivity contribution >= 4 is 38.8 Å². The molecule has 188 valence electrons. The molecule has 1 aliphatic heterocycles. The summed E-state index contributed by atoms with van der Waals surface area (Å²) in [6.07, 6.45) is 1.90. The third kappa shape index (κ3) is 3.76. The fourth-order valence-corrected chi connectivity index (χ4v) is 6.83. The van der Waals surface area contributed by atoms with Crippen LogP contribution in [-0.4, -0.2) is 30.8 Å². The number of carbonyl (C=O) groups is 2. The molecule has 6 rings (SSSR count). The number of anilines is 1. The monoisotopic (exact) mass is 511 g/mol. The van der Waals surface area contributed by atoms with Gasteiger partial charge in [-0.3, -0.25) is 9.59 Å². The van der Waals surface area contributed by atoms with E-state index in [9.17, 15) is 9.59 Å². The summed E-state index contributed by atoms with van der Waals surface area (Å²) < 4.78 is 0.734. The van der Waals surface area contributed by atoms with E-state index in [1.807, 2.05) is 54.6 Å². The van der Waals surface area contributed by atoms with Crippen molar-refractivity contribution in [2.24, 2.45) is 11.5 Å². The molecule has 1 aromatic heterocycles. The summed E-state index contributed by atoms with van der Waals surface area (Å²) in [6.45, 7) is 1.67. The maximum Gasteiger partial charge on any atom is 0.262 e. The molecule has 4 aromatic rings. The summed E-state index contributed by atoms with van der Waals surface area (Å²) in [6, 6.07) is 20.3. The molecule has 2 aliphatic rings. The Bertz CT molecular complexity index is 1510. The molecule has 0 saturated carbocycles. The van der Waals surface area contributed by atoms with E-state index in [4.69, 9.17) is 17.2 Å². The molecule has 8 heteroatoms. The van der Waals surface area contributed by atoms with Crippen LogP contribution in [0, 0.1) is 0 Å². The van der Waals surface area contributed by atoms with E-state index in [1.165, 1.54) is 11.3 Å². The van der Waals surface area contributed by atoms with Gasteiger partial charge in [0.1, 0.15) is 5.54 Å². The van der Waals surface area contributed by atoms with Crippen LogP contribution >= 0.6 is 11.3 Å². The lowest BCUT2D eigenvalue weighted by Crippen LogP contribution is -2.52. The van der Waals surface area contributed by atoms with Crippen LogP contribution < -0.4 is 27.8 Å². The molecule has 1 saturated heterocycles. The van der Waals surface area contributed by atoms with Gasteiger partial charge >= 0.3 is 0 Å². The van der Waals surface area contributed by atoms with Crippen molar-refractivity contribution in [3.05, 3.63) is 88.3 Å². The molecule has 0 spiro atoms. The summed E-state index contributed by atoms with van der Waals surface area (Å²) in [5.41, 5.74) is 22.9. The van der Waals surface area contributed by atoms with Gasteiger partial charge in [0.15, 0.2) is 5.78 Å². The van der Waals surface area contributed by atoms with Crippen molar-refractivity contribution in [1.29, 1.82) is 0 Å². The molecule has 1 fully saturated rings. The Balaban J connectivity index is 1.46. The number of amides is 1. The SMILES string of the molecule is Nc1ccc2c3c(c(C(=O)NC4CCCNC4)sc13)C(N)C(=O)C2(N)c1ccc(-c2ccccc2)cc1. The van der Waals surface area contributed by atoms with Crippen molar-refractivity contribution in [3.8, 4) is 11.1 Å². The fraction of sp³-hybridized carbons (Fsp3) is 0.241.